The average Bonchev–Trinajstić information content (AvgIpc) is 3.88. The normalized spacial score (nSPS) is 16.3. The maximum Gasteiger partial charge on any atom is 1.00 e. The summed E-state index contributed by atoms with van der Waals surface area (Å²) in [6.07, 6.45) is -9.89. The van der Waals surface area contributed by atoms with E-state index in [4.69, 9.17) is 5.11 Å². The fourth-order valence-electron chi connectivity index (χ4n) is 5.91. The minimum Gasteiger partial charge on any atom is -0.870 e. The first kappa shape index (κ1) is 51.6. The molecule has 25 heteroatoms. The SMILES string of the molecule is CC(=O)OCC(=O)NS(=O)(=O)c1ccc(N2N=C(C(F)(F)F)CC2c2ccccc2)cc1.O=C(CO)NS(=O)(=O)c1ccc(N2N=C(C(F)(F)F)CC2c2ccccc2)cc1.[Li+].[OH-]. The number of halogens is 6. The quantitative estimate of drug-likeness (QED) is 0.112. The fourth-order valence-corrected chi connectivity index (χ4v) is 7.86. The maximum absolute atomic E-state index is 13.3. The Morgan fingerprint density at radius 2 is 1.00 bits per heavy atom. The summed E-state index contributed by atoms with van der Waals surface area (Å²) in [5, 5.41) is 18.5. The van der Waals surface area contributed by atoms with Crippen molar-refractivity contribution in [1.82, 2.24) is 9.44 Å². The van der Waals surface area contributed by atoms with E-state index in [1.807, 2.05) is 0 Å². The van der Waals surface area contributed by atoms with Crippen LogP contribution in [0.4, 0.5) is 37.7 Å². The van der Waals surface area contributed by atoms with Crippen LogP contribution in [0.15, 0.2) is 129 Å². The van der Waals surface area contributed by atoms with Crippen molar-refractivity contribution in [2.24, 2.45) is 10.2 Å². The standard InChI is InChI=1S/C20H18F3N3O5S.C18H16F3N3O4S.Li.H2O/c1-13(27)31-12-19(28)25-32(29,30)16-9-7-15(8-10-16)26-17(14-5-3-2-4-6-14)11-18(24-26)20(21,22)23;19-18(20,21)16-10-15(12-4-2-1-3-5-12)24(22-16)13-6-8-14(9-7-13)29(27,28)23-17(26)11-25;;/h2-10,17H,11-12H2,1H3,(H,25,28);1-9,15,25H,10-11H2,(H,23,26);;1H2/q;;+1;/p-1. The number of hydrogen-bond donors (Lipinski definition) is 3. The van der Waals surface area contributed by atoms with E-state index in [0.717, 1.165) is 31.2 Å². The van der Waals surface area contributed by atoms with Crippen molar-refractivity contribution in [2.75, 3.05) is 23.2 Å². The predicted molar refractivity (Wildman–Crippen MR) is 209 cm³/mol. The molecular weight excluding hydrogens is 886 g/mol. The monoisotopic (exact) mass is 920 g/mol. The molecule has 0 saturated carbocycles. The zero-order chi connectivity index (χ0) is 44.8. The van der Waals surface area contributed by atoms with Crippen LogP contribution in [0.3, 0.4) is 0 Å². The molecule has 63 heavy (non-hydrogen) atoms. The number of anilines is 2. The molecule has 6 rings (SSSR count). The second kappa shape index (κ2) is 21.1. The average molecular weight is 921 g/mol. The van der Waals surface area contributed by atoms with Crippen LogP contribution in [-0.2, 0) is 39.2 Å². The summed E-state index contributed by atoms with van der Waals surface area (Å²) in [7, 11) is -8.48. The van der Waals surface area contributed by atoms with E-state index in [9.17, 15) is 57.6 Å². The molecule has 2 atom stereocenters. The van der Waals surface area contributed by atoms with E-state index < -0.39 is 86.9 Å². The number of sulfonamides is 2. The van der Waals surface area contributed by atoms with E-state index in [0.29, 0.717) is 11.1 Å². The van der Waals surface area contributed by atoms with Gasteiger partial charge < -0.3 is 15.3 Å². The van der Waals surface area contributed by atoms with Gasteiger partial charge in [-0.2, -0.15) is 36.5 Å². The zero-order valence-electron chi connectivity index (χ0n) is 32.9. The van der Waals surface area contributed by atoms with Gasteiger partial charge in [-0.3, -0.25) is 24.4 Å². The Morgan fingerprint density at radius 3 is 1.32 bits per heavy atom. The first-order chi connectivity index (χ1) is 28.6. The van der Waals surface area contributed by atoms with E-state index in [1.54, 1.807) is 70.1 Å². The summed E-state index contributed by atoms with van der Waals surface area (Å²) < 4.78 is 136. The molecule has 0 radical (unpaired) electrons. The van der Waals surface area contributed by atoms with Crippen molar-refractivity contribution in [2.45, 2.75) is 54.0 Å². The first-order valence-electron chi connectivity index (χ1n) is 17.6. The van der Waals surface area contributed by atoms with Gasteiger partial charge in [0.15, 0.2) is 6.61 Å². The van der Waals surface area contributed by atoms with Gasteiger partial charge in [-0.1, -0.05) is 60.7 Å². The van der Waals surface area contributed by atoms with Gasteiger partial charge in [-0.25, -0.2) is 26.3 Å². The molecule has 2 amide bonds. The van der Waals surface area contributed by atoms with Crippen molar-refractivity contribution in [3.63, 3.8) is 0 Å². The van der Waals surface area contributed by atoms with Crippen molar-refractivity contribution in [1.29, 1.82) is 0 Å². The number of rotatable bonds is 11. The van der Waals surface area contributed by atoms with Crippen molar-refractivity contribution in [3.05, 3.63) is 120 Å². The Labute approximate surface area is 368 Å². The number of ether oxygens (including phenoxy) is 1. The van der Waals surface area contributed by atoms with Crippen molar-refractivity contribution in [3.8, 4) is 0 Å². The number of aliphatic hydroxyl groups is 1. The summed E-state index contributed by atoms with van der Waals surface area (Å²) in [5.41, 5.74) is -0.139. The third-order valence-corrected chi connectivity index (χ3v) is 11.5. The van der Waals surface area contributed by atoms with Gasteiger partial charge in [0.2, 0.25) is 0 Å². The number of hydrogen-bond acceptors (Lipinski definition) is 14. The van der Waals surface area contributed by atoms with Crippen LogP contribution in [0.2, 0.25) is 0 Å². The van der Waals surface area contributed by atoms with Gasteiger partial charge >= 0.3 is 37.2 Å². The molecule has 4 aromatic rings. The van der Waals surface area contributed by atoms with E-state index in [1.165, 1.54) is 34.3 Å². The Bertz CT molecular complexity index is 2520. The third kappa shape index (κ3) is 13.4. The van der Waals surface area contributed by atoms with Crippen LogP contribution in [-0.4, -0.2) is 82.2 Å². The van der Waals surface area contributed by atoms with Gasteiger partial charge in [-0.05, 0) is 59.7 Å². The van der Waals surface area contributed by atoms with Gasteiger partial charge in [0.1, 0.15) is 18.0 Å². The number of nitrogens with one attached hydrogen (secondary N) is 2. The second-order valence-electron chi connectivity index (χ2n) is 13.0. The number of aliphatic hydroxyl groups excluding tert-OH is 1. The molecule has 4 N–H and O–H groups in total. The van der Waals surface area contributed by atoms with Crippen LogP contribution in [0, 0.1) is 0 Å². The van der Waals surface area contributed by atoms with Crippen LogP contribution >= 0.6 is 0 Å². The summed E-state index contributed by atoms with van der Waals surface area (Å²) in [4.78, 5) is 32.9. The number of hydrazone groups is 2. The molecule has 2 aliphatic heterocycles. The molecule has 0 saturated heterocycles. The minimum absolute atomic E-state index is 0. The summed E-state index contributed by atoms with van der Waals surface area (Å²) in [5.74, 6) is -2.90. The molecule has 2 unspecified atom stereocenters. The Kier molecular flexibility index (Phi) is 17.2. The van der Waals surface area contributed by atoms with Gasteiger partial charge in [0, 0.05) is 19.8 Å². The molecule has 0 aromatic heterocycles. The van der Waals surface area contributed by atoms with Crippen LogP contribution in [0.1, 0.15) is 43.0 Å². The number of esters is 1. The molecule has 2 heterocycles. The van der Waals surface area contributed by atoms with Crippen molar-refractivity contribution >= 4 is 60.6 Å². The second-order valence-corrected chi connectivity index (χ2v) is 16.4. The van der Waals surface area contributed by atoms with Crippen molar-refractivity contribution < 1.29 is 91.7 Å². The molecule has 0 bridgehead atoms. The van der Waals surface area contributed by atoms with E-state index in [2.05, 4.69) is 14.9 Å². The third-order valence-electron chi connectivity index (χ3n) is 8.71. The zero-order valence-corrected chi connectivity index (χ0v) is 34.5. The van der Waals surface area contributed by atoms with E-state index >= 15 is 0 Å². The predicted octanol–water partition coefficient (Wildman–Crippen LogP) is 2.10. The first-order valence-corrected chi connectivity index (χ1v) is 20.6. The van der Waals surface area contributed by atoms with Gasteiger partial charge in [0.25, 0.3) is 31.9 Å². The number of alkyl halides is 6. The molecule has 0 aliphatic carbocycles. The van der Waals surface area contributed by atoms with Crippen LogP contribution in [0.5, 0.6) is 0 Å². The molecule has 0 spiro atoms. The number of amides is 2. The number of benzene rings is 4. The van der Waals surface area contributed by atoms with E-state index in [-0.39, 0.29) is 58.3 Å². The number of nitrogens with zero attached hydrogens (tertiary/aromatic N) is 4. The largest absolute Gasteiger partial charge is 1.00 e. The number of carbonyl (C=O) groups excluding carboxylic acids is 3. The molecule has 4 aromatic carbocycles. The molecular formula is C38H35F6LiN6O10S2. The van der Waals surface area contributed by atoms with Crippen LogP contribution in [0.25, 0.3) is 0 Å². The topological polar surface area (TPSA) is 234 Å². The Balaban J connectivity index is 0.000000326. The summed E-state index contributed by atoms with van der Waals surface area (Å²) in [6, 6.07) is 25.4. The Hall–Kier alpha value is -5.77. The maximum atomic E-state index is 13.3. The molecule has 0 fully saturated rings. The molecule has 2 aliphatic rings. The smallest absolute Gasteiger partial charge is 0.870 e. The molecule has 16 nitrogen and oxygen atoms in total. The summed E-state index contributed by atoms with van der Waals surface area (Å²) in [6.45, 7) is -0.707. The summed E-state index contributed by atoms with van der Waals surface area (Å²) >= 11 is 0. The van der Waals surface area contributed by atoms with Gasteiger partial charge in [-0.15, -0.1) is 0 Å². The Morgan fingerprint density at radius 1 is 0.651 bits per heavy atom. The van der Waals surface area contributed by atoms with Gasteiger partial charge in [0.05, 0.1) is 33.2 Å². The minimum atomic E-state index is -4.60. The molecule has 332 valence electrons. The van der Waals surface area contributed by atoms with Crippen LogP contribution < -0.4 is 38.3 Å². The number of carbonyl (C=O) groups is 3. The fraction of sp³-hybridized carbons (Fsp3) is 0.237.